The van der Waals surface area contributed by atoms with Gasteiger partial charge in [0.1, 0.15) is 17.6 Å². The highest BCUT2D eigenvalue weighted by Crippen LogP contribution is 2.31. The Bertz CT molecular complexity index is 861. The van der Waals surface area contributed by atoms with Crippen LogP contribution in [0.5, 0.6) is 0 Å². The molecule has 1 aliphatic heterocycles. The van der Waals surface area contributed by atoms with Crippen LogP contribution in [0.15, 0.2) is 18.2 Å². The first kappa shape index (κ1) is 18.8. The lowest BCUT2D eigenvalue weighted by molar-refractivity contribution is -0.135. The van der Waals surface area contributed by atoms with Crippen molar-refractivity contribution in [2.75, 3.05) is 6.54 Å². The first-order valence-electron chi connectivity index (χ1n) is 8.53. The summed E-state index contributed by atoms with van der Waals surface area (Å²) in [5.41, 5.74) is -2.53. The summed E-state index contributed by atoms with van der Waals surface area (Å²) in [7, 11) is 0. The molecule has 0 radical (unpaired) electrons. The number of rotatable bonds is 4. The number of benzene rings is 1. The van der Waals surface area contributed by atoms with E-state index in [4.69, 9.17) is 0 Å². The van der Waals surface area contributed by atoms with Gasteiger partial charge < -0.3 is 10.6 Å². The fourth-order valence-corrected chi connectivity index (χ4v) is 3.54. The van der Waals surface area contributed by atoms with Gasteiger partial charge in [0, 0.05) is 0 Å². The lowest BCUT2D eigenvalue weighted by atomic mass is 9.92. The quantitative estimate of drug-likeness (QED) is 0.781. The van der Waals surface area contributed by atoms with Gasteiger partial charge in [0.2, 0.25) is 5.91 Å². The molecule has 1 aliphatic carbocycles. The van der Waals surface area contributed by atoms with Gasteiger partial charge in [0.15, 0.2) is 11.6 Å². The van der Waals surface area contributed by atoms with Gasteiger partial charge in [-0.2, -0.15) is 5.26 Å². The second-order valence-corrected chi connectivity index (χ2v) is 7.02. The molecule has 2 aliphatic rings. The second-order valence-electron chi connectivity index (χ2n) is 7.02. The van der Waals surface area contributed by atoms with Gasteiger partial charge >= 0.3 is 6.03 Å². The molecule has 1 aromatic carbocycles. The number of imide groups is 1. The molecule has 0 spiro atoms. The minimum Gasteiger partial charge on any atom is -0.336 e. The van der Waals surface area contributed by atoms with Crippen LogP contribution in [0, 0.1) is 23.0 Å². The average molecular weight is 376 g/mol. The Labute approximate surface area is 154 Å². The highest BCUT2D eigenvalue weighted by atomic mass is 19.2. The zero-order valence-corrected chi connectivity index (χ0v) is 14.6. The molecule has 7 nitrogen and oxygen atoms in total. The van der Waals surface area contributed by atoms with Gasteiger partial charge in [-0.05, 0) is 50.3 Å². The molecular formula is C18H18F2N4O3. The monoisotopic (exact) mass is 376 g/mol. The number of nitriles is 1. The molecule has 3 rings (SSSR count). The number of amides is 4. The summed E-state index contributed by atoms with van der Waals surface area (Å²) in [6.45, 7) is 0.791. The van der Waals surface area contributed by atoms with Crippen molar-refractivity contribution in [2.24, 2.45) is 0 Å². The second kappa shape index (κ2) is 6.61. The largest absolute Gasteiger partial charge is 0.336 e. The van der Waals surface area contributed by atoms with E-state index in [2.05, 4.69) is 16.7 Å². The molecule has 1 saturated heterocycles. The molecule has 2 N–H and O–H groups in total. The Hall–Kier alpha value is -3.02. The molecule has 0 bridgehead atoms. The van der Waals surface area contributed by atoms with Crippen LogP contribution in [0.25, 0.3) is 0 Å². The summed E-state index contributed by atoms with van der Waals surface area (Å²) in [4.78, 5) is 38.0. The average Bonchev–Trinajstić information content (AvgIpc) is 3.17. The standard InChI is InChI=1S/C18H18F2N4O3/c1-17(11-4-5-12(19)13(20)8-11)15(26)24(16(27)23-17)9-14(25)22-18(10-21)6-2-3-7-18/h4-5,8H,2-3,6-7,9H2,1H3,(H,22,25)(H,23,27)/t17-/m0/s1. The molecule has 0 aromatic heterocycles. The summed E-state index contributed by atoms with van der Waals surface area (Å²) >= 11 is 0. The van der Waals surface area contributed by atoms with Crippen LogP contribution in [0.3, 0.4) is 0 Å². The third-order valence-electron chi connectivity index (χ3n) is 5.12. The summed E-state index contributed by atoms with van der Waals surface area (Å²) in [5, 5.41) is 14.3. The van der Waals surface area contributed by atoms with E-state index in [9.17, 15) is 28.4 Å². The van der Waals surface area contributed by atoms with Crippen LogP contribution in [-0.4, -0.2) is 34.8 Å². The number of carbonyl (C=O) groups excluding carboxylic acids is 3. The van der Waals surface area contributed by atoms with Crippen molar-refractivity contribution in [3.05, 3.63) is 35.4 Å². The molecule has 1 atom stereocenters. The molecule has 1 heterocycles. The number of hydrogen-bond acceptors (Lipinski definition) is 4. The minimum atomic E-state index is -1.62. The zero-order chi connectivity index (χ0) is 19.8. The maximum Gasteiger partial charge on any atom is 0.325 e. The van der Waals surface area contributed by atoms with E-state index in [1.165, 1.54) is 13.0 Å². The van der Waals surface area contributed by atoms with Gasteiger partial charge in [0.25, 0.3) is 5.91 Å². The Morgan fingerprint density at radius 1 is 1.30 bits per heavy atom. The van der Waals surface area contributed by atoms with Gasteiger partial charge in [0.05, 0.1) is 6.07 Å². The fourth-order valence-electron chi connectivity index (χ4n) is 3.54. The van der Waals surface area contributed by atoms with Crippen LogP contribution in [0.4, 0.5) is 13.6 Å². The first-order chi connectivity index (χ1) is 12.7. The smallest absolute Gasteiger partial charge is 0.325 e. The molecule has 1 saturated carbocycles. The number of halogens is 2. The Balaban J connectivity index is 1.77. The van der Waals surface area contributed by atoms with E-state index < -0.39 is 47.1 Å². The lowest BCUT2D eigenvalue weighted by Gasteiger charge is -2.24. The maximum atomic E-state index is 13.5. The number of urea groups is 1. The Kier molecular flexibility index (Phi) is 4.59. The van der Waals surface area contributed by atoms with Crippen molar-refractivity contribution in [3.8, 4) is 6.07 Å². The van der Waals surface area contributed by atoms with Gasteiger partial charge in [-0.3, -0.25) is 14.5 Å². The first-order valence-corrected chi connectivity index (χ1v) is 8.53. The van der Waals surface area contributed by atoms with Crippen LogP contribution in [0.2, 0.25) is 0 Å². The molecule has 4 amide bonds. The van der Waals surface area contributed by atoms with Crippen molar-refractivity contribution in [3.63, 3.8) is 0 Å². The van der Waals surface area contributed by atoms with Crippen LogP contribution in [0.1, 0.15) is 38.2 Å². The topological polar surface area (TPSA) is 102 Å². The van der Waals surface area contributed by atoms with Crippen LogP contribution >= 0.6 is 0 Å². The maximum absolute atomic E-state index is 13.5. The summed E-state index contributed by atoms with van der Waals surface area (Å²) in [6.07, 6.45) is 2.65. The molecule has 1 aromatic rings. The third-order valence-corrected chi connectivity index (χ3v) is 5.12. The van der Waals surface area contributed by atoms with Crippen LogP contribution in [-0.2, 0) is 15.1 Å². The normalized spacial score (nSPS) is 23.9. The number of nitrogens with zero attached hydrogens (tertiary/aromatic N) is 2. The van der Waals surface area contributed by atoms with Gasteiger partial charge in [-0.15, -0.1) is 0 Å². The third kappa shape index (κ3) is 3.23. The van der Waals surface area contributed by atoms with Gasteiger partial charge in [-0.25, -0.2) is 13.6 Å². The molecule has 0 unspecified atom stereocenters. The number of carbonyl (C=O) groups is 3. The van der Waals surface area contributed by atoms with Crippen LogP contribution < -0.4 is 10.6 Å². The molecule has 142 valence electrons. The van der Waals surface area contributed by atoms with E-state index in [1.807, 2.05) is 0 Å². The minimum absolute atomic E-state index is 0.0620. The van der Waals surface area contributed by atoms with Crippen molar-refractivity contribution in [2.45, 2.75) is 43.7 Å². The van der Waals surface area contributed by atoms with E-state index in [1.54, 1.807) is 0 Å². The Morgan fingerprint density at radius 2 is 1.96 bits per heavy atom. The Morgan fingerprint density at radius 3 is 2.56 bits per heavy atom. The number of hydrogen-bond donors (Lipinski definition) is 2. The molecule has 27 heavy (non-hydrogen) atoms. The summed E-state index contributed by atoms with van der Waals surface area (Å²) in [5.74, 6) is -3.61. The zero-order valence-electron chi connectivity index (χ0n) is 14.6. The predicted molar refractivity (Wildman–Crippen MR) is 88.9 cm³/mol. The van der Waals surface area contributed by atoms with E-state index in [-0.39, 0.29) is 5.56 Å². The molecular weight excluding hydrogens is 358 g/mol. The van der Waals surface area contributed by atoms with Gasteiger partial charge in [-0.1, -0.05) is 6.07 Å². The summed E-state index contributed by atoms with van der Waals surface area (Å²) < 4.78 is 26.7. The van der Waals surface area contributed by atoms with E-state index in [0.29, 0.717) is 17.7 Å². The van der Waals surface area contributed by atoms with Crippen molar-refractivity contribution in [1.29, 1.82) is 5.26 Å². The fraction of sp³-hybridized carbons (Fsp3) is 0.444. The molecule has 2 fully saturated rings. The predicted octanol–water partition coefficient (Wildman–Crippen LogP) is 1.68. The van der Waals surface area contributed by atoms with Crippen molar-refractivity contribution >= 4 is 17.8 Å². The number of nitrogens with one attached hydrogen (secondary N) is 2. The highest BCUT2D eigenvalue weighted by Gasteiger charge is 2.50. The lowest BCUT2D eigenvalue weighted by Crippen LogP contribution is -2.50. The SMILES string of the molecule is C[C@@]1(c2ccc(F)c(F)c2)NC(=O)N(CC(=O)NC2(C#N)CCCC2)C1=O. The summed E-state index contributed by atoms with van der Waals surface area (Å²) in [6, 6.07) is 4.17. The van der Waals surface area contributed by atoms with Crippen molar-refractivity contribution in [1.82, 2.24) is 15.5 Å². The van der Waals surface area contributed by atoms with E-state index in [0.717, 1.165) is 25.0 Å². The van der Waals surface area contributed by atoms with Crippen molar-refractivity contribution < 1.29 is 23.2 Å². The highest BCUT2D eigenvalue weighted by molar-refractivity contribution is 6.09. The van der Waals surface area contributed by atoms with E-state index >= 15 is 0 Å². The molecule has 9 heteroatoms.